The predicted molar refractivity (Wildman–Crippen MR) is 98.4 cm³/mol. The number of nitrogens with two attached hydrogens (primary N) is 1. The van der Waals surface area contributed by atoms with E-state index >= 15 is 0 Å². The highest BCUT2D eigenvalue weighted by atomic mass is 32.1. The van der Waals surface area contributed by atoms with E-state index < -0.39 is 0 Å². The van der Waals surface area contributed by atoms with E-state index in [9.17, 15) is 0 Å². The van der Waals surface area contributed by atoms with Gasteiger partial charge in [-0.25, -0.2) is 0 Å². The molecule has 0 aliphatic heterocycles. The minimum atomic E-state index is 0.438. The van der Waals surface area contributed by atoms with E-state index in [2.05, 4.69) is 44.7 Å². The first kappa shape index (κ1) is 17.4. The van der Waals surface area contributed by atoms with Crippen LogP contribution in [-0.2, 0) is 0 Å². The smallest absolute Gasteiger partial charge is 0.104 e. The largest absolute Gasteiger partial charge is 0.389 e. The van der Waals surface area contributed by atoms with Crippen LogP contribution in [0.15, 0.2) is 54.6 Å². The summed E-state index contributed by atoms with van der Waals surface area (Å²) < 4.78 is 0. The van der Waals surface area contributed by atoms with Gasteiger partial charge in [-0.2, -0.15) is 0 Å². The van der Waals surface area contributed by atoms with Gasteiger partial charge in [0.25, 0.3) is 0 Å². The number of unbranched alkanes of at least 4 members (excludes halogenated alkanes) is 2. The van der Waals surface area contributed by atoms with E-state index in [-0.39, 0.29) is 0 Å². The third-order valence-corrected chi connectivity index (χ3v) is 3.64. The van der Waals surface area contributed by atoms with Gasteiger partial charge in [-0.05, 0) is 42.5 Å². The van der Waals surface area contributed by atoms with Gasteiger partial charge in [0, 0.05) is 5.56 Å². The first-order valence-corrected chi connectivity index (χ1v) is 7.91. The topological polar surface area (TPSA) is 26.0 Å². The van der Waals surface area contributed by atoms with E-state index in [1.165, 1.54) is 24.0 Å². The molecule has 1 nitrogen and oxygen atoms in total. The monoisotopic (exact) mass is 299 g/mol. The van der Waals surface area contributed by atoms with Gasteiger partial charge in [0.05, 0.1) is 0 Å². The Morgan fingerprint density at radius 3 is 2.62 bits per heavy atom. The van der Waals surface area contributed by atoms with Crippen LogP contribution in [0, 0.1) is 0 Å². The van der Waals surface area contributed by atoms with Crippen molar-refractivity contribution in [3.8, 4) is 0 Å². The van der Waals surface area contributed by atoms with Crippen LogP contribution in [0.25, 0.3) is 5.57 Å². The Balaban J connectivity index is 3.14. The highest BCUT2D eigenvalue weighted by molar-refractivity contribution is 7.80. The molecule has 112 valence electrons. The predicted octanol–water partition coefficient (Wildman–Crippen LogP) is 5.42. The van der Waals surface area contributed by atoms with Crippen LogP contribution >= 0.6 is 12.2 Å². The summed E-state index contributed by atoms with van der Waals surface area (Å²) in [6, 6.07) is 8.13. The van der Waals surface area contributed by atoms with Crippen molar-refractivity contribution in [3.63, 3.8) is 0 Å². The molecule has 0 fully saturated rings. The van der Waals surface area contributed by atoms with Crippen molar-refractivity contribution < 1.29 is 0 Å². The number of hydrogen-bond acceptors (Lipinski definition) is 1. The Bertz CT molecular complexity index is 552. The van der Waals surface area contributed by atoms with Gasteiger partial charge in [0.1, 0.15) is 4.99 Å². The van der Waals surface area contributed by atoms with Crippen molar-refractivity contribution in [2.24, 2.45) is 5.73 Å². The molecule has 0 amide bonds. The van der Waals surface area contributed by atoms with E-state index in [0.717, 1.165) is 24.0 Å². The lowest BCUT2D eigenvalue weighted by Crippen LogP contribution is -2.09. The number of thiocarbonyl (C=S) groups is 1. The lowest BCUT2D eigenvalue weighted by molar-refractivity contribution is 0.811. The van der Waals surface area contributed by atoms with Crippen LogP contribution in [0.3, 0.4) is 0 Å². The fourth-order valence-electron chi connectivity index (χ4n) is 2.32. The Morgan fingerprint density at radius 1 is 1.33 bits per heavy atom. The van der Waals surface area contributed by atoms with Crippen LogP contribution in [0.5, 0.6) is 0 Å². The summed E-state index contributed by atoms with van der Waals surface area (Å²) >= 11 is 5.07. The molecule has 0 bridgehead atoms. The van der Waals surface area contributed by atoms with E-state index in [1.807, 2.05) is 18.2 Å². The molecule has 0 radical (unpaired) electrons. The maximum Gasteiger partial charge on any atom is 0.104 e. The molecule has 0 aromatic heterocycles. The van der Waals surface area contributed by atoms with Gasteiger partial charge in [0.2, 0.25) is 0 Å². The van der Waals surface area contributed by atoms with E-state index in [4.69, 9.17) is 18.0 Å². The second-order valence-corrected chi connectivity index (χ2v) is 5.45. The second-order valence-electron chi connectivity index (χ2n) is 5.01. The van der Waals surface area contributed by atoms with Gasteiger partial charge in [-0.1, -0.05) is 68.4 Å². The summed E-state index contributed by atoms with van der Waals surface area (Å²) in [6.45, 7) is 8.16. The Labute approximate surface area is 134 Å². The fraction of sp³-hybridized carbons (Fsp3) is 0.316. The maximum atomic E-state index is 5.74. The summed E-state index contributed by atoms with van der Waals surface area (Å²) in [5.74, 6) is 0. The summed E-state index contributed by atoms with van der Waals surface area (Å²) in [5.41, 5.74) is 10.4. The molecule has 1 aromatic carbocycles. The van der Waals surface area contributed by atoms with Crippen LogP contribution in [0.1, 0.15) is 50.7 Å². The summed E-state index contributed by atoms with van der Waals surface area (Å²) in [6.07, 6.45) is 10.8. The SMILES string of the molecule is C=CCC(=C\CCCC)/C(=C/C)c1cccc(C(N)=S)c1. The van der Waals surface area contributed by atoms with Crippen molar-refractivity contribution in [2.45, 2.75) is 39.5 Å². The molecule has 0 unspecified atom stereocenters. The van der Waals surface area contributed by atoms with Crippen LogP contribution in [-0.4, -0.2) is 4.99 Å². The molecule has 0 atom stereocenters. The molecule has 0 aliphatic carbocycles. The van der Waals surface area contributed by atoms with E-state index in [0.29, 0.717) is 4.99 Å². The van der Waals surface area contributed by atoms with Crippen molar-refractivity contribution in [3.05, 3.63) is 65.8 Å². The Morgan fingerprint density at radius 2 is 2.05 bits per heavy atom. The van der Waals surface area contributed by atoms with Gasteiger partial charge in [-0.3, -0.25) is 0 Å². The Hall–Kier alpha value is -1.67. The Kier molecular flexibility index (Phi) is 7.70. The lowest BCUT2D eigenvalue weighted by atomic mass is 9.93. The maximum absolute atomic E-state index is 5.74. The standard InChI is InChI=1S/C19H25NS/c1-4-7-8-11-15(10-5-2)18(6-3)16-12-9-13-17(14-16)19(20)21/h5-6,9,11-14H,2,4,7-8,10H2,1,3H3,(H2,20,21)/b15-11+,18-6-. The zero-order chi connectivity index (χ0) is 15.7. The molecule has 0 spiro atoms. The lowest BCUT2D eigenvalue weighted by Gasteiger charge is -2.12. The molecule has 0 heterocycles. The normalized spacial score (nSPS) is 12.3. The molecule has 1 rings (SSSR count). The van der Waals surface area contributed by atoms with Gasteiger partial charge < -0.3 is 5.73 Å². The number of rotatable bonds is 8. The minimum Gasteiger partial charge on any atom is -0.389 e. The van der Waals surface area contributed by atoms with Crippen molar-refractivity contribution >= 4 is 22.8 Å². The molecular formula is C19H25NS. The van der Waals surface area contributed by atoms with E-state index in [1.54, 1.807) is 0 Å². The molecule has 2 heteroatoms. The highest BCUT2D eigenvalue weighted by Gasteiger charge is 2.07. The first-order chi connectivity index (χ1) is 10.1. The average Bonchev–Trinajstić information content (AvgIpc) is 2.48. The number of hydrogen-bond donors (Lipinski definition) is 1. The molecule has 0 aliphatic rings. The molecule has 21 heavy (non-hydrogen) atoms. The first-order valence-electron chi connectivity index (χ1n) is 7.50. The zero-order valence-electron chi connectivity index (χ0n) is 13.1. The molecular weight excluding hydrogens is 274 g/mol. The van der Waals surface area contributed by atoms with Crippen LogP contribution in [0.2, 0.25) is 0 Å². The molecule has 2 N–H and O–H groups in total. The minimum absolute atomic E-state index is 0.438. The van der Waals surface area contributed by atoms with Crippen molar-refractivity contribution in [1.29, 1.82) is 0 Å². The van der Waals surface area contributed by atoms with Gasteiger partial charge >= 0.3 is 0 Å². The summed E-state index contributed by atoms with van der Waals surface area (Å²) in [5, 5.41) is 0. The highest BCUT2D eigenvalue weighted by Crippen LogP contribution is 2.27. The quantitative estimate of drug-likeness (QED) is 0.300. The summed E-state index contributed by atoms with van der Waals surface area (Å²) in [4.78, 5) is 0.438. The van der Waals surface area contributed by atoms with Crippen molar-refractivity contribution in [2.75, 3.05) is 0 Å². The number of benzene rings is 1. The third-order valence-electron chi connectivity index (χ3n) is 3.41. The summed E-state index contributed by atoms with van der Waals surface area (Å²) in [7, 11) is 0. The third kappa shape index (κ3) is 5.31. The van der Waals surface area contributed by atoms with Crippen molar-refractivity contribution in [1.82, 2.24) is 0 Å². The molecule has 1 aromatic rings. The van der Waals surface area contributed by atoms with Gasteiger partial charge in [-0.15, -0.1) is 6.58 Å². The fourth-order valence-corrected chi connectivity index (χ4v) is 2.44. The molecule has 0 saturated heterocycles. The molecule has 0 saturated carbocycles. The zero-order valence-corrected chi connectivity index (χ0v) is 13.9. The second kappa shape index (κ2) is 9.30. The average molecular weight is 299 g/mol. The number of allylic oxidation sites excluding steroid dienone is 5. The van der Waals surface area contributed by atoms with Gasteiger partial charge in [0.15, 0.2) is 0 Å². The van der Waals surface area contributed by atoms with Crippen LogP contribution in [0.4, 0.5) is 0 Å². The van der Waals surface area contributed by atoms with Crippen LogP contribution < -0.4 is 5.73 Å².